The lowest BCUT2D eigenvalue weighted by Gasteiger charge is -2.24. The third-order valence-corrected chi connectivity index (χ3v) is 5.46. The minimum Gasteiger partial charge on any atom is -0.434 e. The average Bonchev–Trinajstić information content (AvgIpc) is 2.75. The molecule has 0 saturated carbocycles. The molecule has 1 atom stereocenters. The summed E-state index contributed by atoms with van der Waals surface area (Å²) in [5, 5.41) is 0. The Balaban J connectivity index is 1.58. The van der Waals surface area contributed by atoms with Gasteiger partial charge in [0.15, 0.2) is 5.82 Å². The first-order chi connectivity index (χ1) is 14.2. The van der Waals surface area contributed by atoms with Crippen LogP contribution in [-0.4, -0.2) is 22.7 Å². The first-order valence-corrected chi connectivity index (χ1v) is 11.0. The molecule has 1 aromatic heterocycles. The van der Waals surface area contributed by atoms with Crippen LogP contribution in [0.15, 0.2) is 30.5 Å². The topological polar surface area (TPSA) is 61.3 Å². The van der Waals surface area contributed by atoms with Gasteiger partial charge < -0.3 is 9.47 Å². The van der Waals surface area contributed by atoms with E-state index in [0.717, 1.165) is 36.6 Å². The number of unbranched alkanes of at least 4 members (excludes halogenated alkanes) is 3. The van der Waals surface area contributed by atoms with Crippen molar-refractivity contribution in [2.24, 2.45) is 5.92 Å². The van der Waals surface area contributed by atoms with E-state index < -0.39 is 6.16 Å². The molecule has 0 bridgehead atoms. The largest absolute Gasteiger partial charge is 0.513 e. The fourth-order valence-corrected chi connectivity index (χ4v) is 3.81. The van der Waals surface area contributed by atoms with Crippen molar-refractivity contribution in [1.29, 1.82) is 0 Å². The van der Waals surface area contributed by atoms with Gasteiger partial charge in [-0.3, -0.25) is 0 Å². The molecule has 0 N–H and O–H groups in total. The monoisotopic (exact) mass is 396 g/mol. The maximum atomic E-state index is 11.5. The number of nitrogens with zero attached hydrogens (tertiary/aromatic N) is 2. The van der Waals surface area contributed by atoms with Gasteiger partial charge in [-0.15, -0.1) is 0 Å². The Kier molecular flexibility index (Phi) is 8.03. The molecular weight excluding hydrogens is 364 g/mol. The number of hydrogen-bond acceptors (Lipinski definition) is 5. The van der Waals surface area contributed by atoms with E-state index >= 15 is 0 Å². The van der Waals surface area contributed by atoms with Gasteiger partial charge in [-0.25, -0.2) is 14.8 Å². The molecule has 0 spiro atoms. The minimum atomic E-state index is -0.672. The average molecular weight is 397 g/mol. The van der Waals surface area contributed by atoms with Crippen LogP contribution >= 0.6 is 0 Å². The molecule has 2 aromatic rings. The quantitative estimate of drug-likeness (QED) is 0.289. The van der Waals surface area contributed by atoms with Gasteiger partial charge in [0.2, 0.25) is 0 Å². The Morgan fingerprint density at radius 1 is 1.10 bits per heavy atom. The van der Waals surface area contributed by atoms with Gasteiger partial charge in [0.05, 0.1) is 6.61 Å². The molecule has 1 heterocycles. The third-order valence-electron chi connectivity index (χ3n) is 5.46. The van der Waals surface area contributed by atoms with Crippen molar-refractivity contribution >= 4 is 6.16 Å². The molecule has 1 unspecified atom stereocenters. The highest BCUT2D eigenvalue weighted by atomic mass is 16.7. The molecule has 3 rings (SSSR count). The molecular formula is C24H32N2O3. The van der Waals surface area contributed by atoms with Gasteiger partial charge in [0.25, 0.3) is 0 Å². The maximum Gasteiger partial charge on any atom is 0.513 e. The van der Waals surface area contributed by atoms with Crippen LogP contribution in [0.4, 0.5) is 4.79 Å². The summed E-state index contributed by atoms with van der Waals surface area (Å²) < 4.78 is 10.1. The molecule has 1 aliphatic carbocycles. The second-order valence-electron chi connectivity index (χ2n) is 7.85. The molecule has 0 radical (unpaired) electrons. The van der Waals surface area contributed by atoms with Crippen molar-refractivity contribution < 1.29 is 14.3 Å². The summed E-state index contributed by atoms with van der Waals surface area (Å²) in [5.41, 5.74) is 3.41. The van der Waals surface area contributed by atoms with E-state index in [9.17, 15) is 4.79 Å². The van der Waals surface area contributed by atoms with Gasteiger partial charge in [-0.05, 0) is 61.4 Å². The predicted molar refractivity (Wildman–Crippen MR) is 114 cm³/mol. The number of aryl methyl sites for hydroxylation is 1. The maximum absolute atomic E-state index is 11.5. The van der Waals surface area contributed by atoms with Gasteiger partial charge in [0, 0.05) is 17.5 Å². The zero-order valence-electron chi connectivity index (χ0n) is 17.7. The van der Waals surface area contributed by atoms with Crippen LogP contribution in [0.25, 0.3) is 11.4 Å². The molecule has 5 heteroatoms. The lowest BCUT2D eigenvalue weighted by Crippen LogP contribution is -2.16. The smallest absolute Gasteiger partial charge is 0.434 e. The number of ether oxygens (including phenoxy) is 2. The number of rotatable bonds is 9. The lowest BCUT2D eigenvalue weighted by atomic mass is 9.84. The Labute approximate surface area is 173 Å². The Morgan fingerprint density at radius 2 is 1.93 bits per heavy atom. The molecule has 0 saturated heterocycles. The SMILES string of the molecule is CCCCCCC1CCc2nc(-c3ccc(OC(=O)OCCC)cc3)ncc2C1. The van der Waals surface area contributed by atoms with Gasteiger partial charge in [-0.2, -0.15) is 0 Å². The second-order valence-corrected chi connectivity index (χ2v) is 7.85. The molecule has 0 aliphatic heterocycles. The first kappa shape index (κ1) is 21.3. The summed E-state index contributed by atoms with van der Waals surface area (Å²) in [6.45, 7) is 4.56. The highest BCUT2D eigenvalue weighted by molar-refractivity contribution is 5.65. The van der Waals surface area contributed by atoms with E-state index in [1.54, 1.807) is 12.1 Å². The fourth-order valence-electron chi connectivity index (χ4n) is 3.81. The van der Waals surface area contributed by atoms with Crippen molar-refractivity contribution in [3.8, 4) is 17.1 Å². The summed E-state index contributed by atoms with van der Waals surface area (Å²) in [4.78, 5) is 21.0. The Bertz CT molecular complexity index is 789. The molecule has 0 amide bonds. The number of carbonyl (C=O) groups excluding carboxylic acids is 1. The number of benzene rings is 1. The summed E-state index contributed by atoms with van der Waals surface area (Å²) in [7, 11) is 0. The van der Waals surface area contributed by atoms with Crippen LogP contribution in [0.2, 0.25) is 0 Å². The van der Waals surface area contributed by atoms with Crippen molar-refractivity contribution in [3.63, 3.8) is 0 Å². The number of fused-ring (bicyclic) bond motifs is 1. The van der Waals surface area contributed by atoms with Crippen LogP contribution in [0.5, 0.6) is 5.75 Å². The van der Waals surface area contributed by atoms with Crippen LogP contribution in [-0.2, 0) is 17.6 Å². The lowest BCUT2D eigenvalue weighted by molar-refractivity contribution is 0.0992. The van der Waals surface area contributed by atoms with E-state index in [1.807, 2.05) is 25.3 Å². The zero-order valence-corrected chi connectivity index (χ0v) is 17.7. The highest BCUT2D eigenvalue weighted by Crippen LogP contribution is 2.29. The minimum absolute atomic E-state index is 0.361. The molecule has 29 heavy (non-hydrogen) atoms. The number of hydrogen-bond donors (Lipinski definition) is 0. The van der Waals surface area contributed by atoms with Crippen molar-refractivity contribution in [2.45, 2.75) is 71.6 Å². The van der Waals surface area contributed by atoms with E-state index in [2.05, 4.69) is 11.9 Å². The summed E-state index contributed by atoms with van der Waals surface area (Å²) in [6.07, 6.45) is 12.1. The van der Waals surface area contributed by atoms with Crippen LogP contribution in [0, 0.1) is 5.92 Å². The van der Waals surface area contributed by atoms with E-state index in [-0.39, 0.29) is 0 Å². The van der Waals surface area contributed by atoms with Crippen LogP contribution in [0.1, 0.15) is 70.1 Å². The molecule has 1 aromatic carbocycles. The van der Waals surface area contributed by atoms with Crippen molar-refractivity contribution in [3.05, 3.63) is 41.7 Å². The highest BCUT2D eigenvalue weighted by Gasteiger charge is 2.20. The van der Waals surface area contributed by atoms with E-state index in [1.165, 1.54) is 49.8 Å². The van der Waals surface area contributed by atoms with E-state index in [4.69, 9.17) is 14.5 Å². The normalized spacial score (nSPS) is 15.6. The third kappa shape index (κ3) is 6.28. The molecule has 1 aliphatic rings. The second kappa shape index (κ2) is 10.9. The van der Waals surface area contributed by atoms with Crippen LogP contribution < -0.4 is 4.74 Å². The molecule has 5 nitrogen and oxygen atoms in total. The number of carbonyl (C=O) groups is 1. The molecule has 0 fully saturated rings. The summed E-state index contributed by atoms with van der Waals surface area (Å²) in [5.74, 6) is 1.96. The first-order valence-electron chi connectivity index (χ1n) is 11.0. The Hall–Kier alpha value is -2.43. The van der Waals surface area contributed by atoms with Gasteiger partial charge >= 0.3 is 6.16 Å². The van der Waals surface area contributed by atoms with Gasteiger partial charge in [-0.1, -0.05) is 46.0 Å². The Morgan fingerprint density at radius 3 is 2.69 bits per heavy atom. The van der Waals surface area contributed by atoms with Crippen molar-refractivity contribution in [2.75, 3.05) is 6.61 Å². The summed E-state index contributed by atoms with van der Waals surface area (Å²) >= 11 is 0. The van der Waals surface area contributed by atoms with Crippen LogP contribution in [0.3, 0.4) is 0 Å². The molecule has 156 valence electrons. The fraction of sp³-hybridized carbons (Fsp3) is 0.542. The van der Waals surface area contributed by atoms with Gasteiger partial charge in [0.1, 0.15) is 5.75 Å². The summed E-state index contributed by atoms with van der Waals surface area (Å²) in [6, 6.07) is 7.25. The number of aromatic nitrogens is 2. The van der Waals surface area contributed by atoms with E-state index in [0.29, 0.717) is 12.4 Å². The standard InChI is InChI=1S/C24H32N2O3/c1-3-5-6-7-8-18-9-14-22-20(16-18)17-25-23(26-22)19-10-12-21(13-11-19)29-24(27)28-15-4-2/h10-13,17-18H,3-9,14-16H2,1-2H3. The zero-order chi connectivity index (χ0) is 20.5. The van der Waals surface area contributed by atoms with Crippen molar-refractivity contribution in [1.82, 2.24) is 9.97 Å². The predicted octanol–water partition coefficient (Wildman–Crippen LogP) is 6.14.